The van der Waals surface area contributed by atoms with Crippen molar-refractivity contribution >= 4 is 45.3 Å². The fourth-order valence-corrected chi connectivity index (χ4v) is 5.95. The highest BCUT2D eigenvalue weighted by atomic mass is 32.2. The monoisotopic (exact) mass is 798 g/mol. The lowest BCUT2D eigenvalue weighted by molar-refractivity contribution is -0.159. The summed E-state index contributed by atoms with van der Waals surface area (Å²) in [5.41, 5.74) is -0.472. The Morgan fingerprint density at radius 3 is 1.79 bits per heavy atom. The van der Waals surface area contributed by atoms with Crippen LogP contribution >= 0.6 is 0 Å². The molecule has 0 aliphatic carbocycles. The van der Waals surface area contributed by atoms with Crippen LogP contribution in [0, 0.1) is 17.8 Å². The summed E-state index contributed by atoms with van der Waals surface area (Å²) in [6.07, 6.45) is 0.899. The van der Waals surface area contributed by atoms with Gasteiger partial charge in [-0.2, -0.15) is 0 Å². The fraction of sp³-hybridized carbons (Fsp3) is 0.524. The lowest BCUT2D eigenvalue weighted by Crippen LogP contribution is -2.43. The van der Waals surface area contributed by atoms with Crippen molar-refractivity contribution in [3.8, 4) is 0 Å². The molecule has 2 aromatic rings. The lowest BCUT2D eigenvalue weighted by Gasteiger charge is -2.27. The van der Waals surface area contributed by atoms with Crippen molar-refractivity contribution in [2.45, 2.75) is 117 Å². The number of benzene rings is 2. The van der Waals surface area contributed by atoms with Gasteiger partial charge in [0, 0.05) is 36.5 Å². The van der Waals surface area contributed by atoms with Gasteiger partial charge in [0.1, 0.15) is 23.9 Å². The summed E-state index contributed by atoms with van der Waals surface area (Å²) in [5, 5.41) is 6.44. The zero-order valence-corrected chi connectivity index (χ0v) is 34.8. The second-order valence-electron chi connectivity index (χ2n) is 16.1. The number of hydrogen-bond donors (Lipinski definition) is 2. The zero-order chi connectivity index (χ0) is 42.3. The number of ether oxygens (including phenoxy) is 3. The number of esters is 3. The number of rotatable bonds is 20. The third kappa shape index (κ3) is 19.1. The minimum Gasteiger partial charge on any atom is -0.461 e. The molecule has 0 aliphatic heterocycles. The van der Waals surface area contributed by atoms with Crippen molar-refractivity contribution in [1.82, 2.24) is 10.6 Å². The minimum atomic E-state index is -3.58. The molecule has 0 aliphatic rings. The van der Waals surface area contributed by atoms with Crippen molar-refractivity contribution in [1.29, 1.82) is 0 Å². The van der Waals surface area contributed by atoms with Gasteiger partial charge in [0.15, 0.2) is 15.6 Å². The Kier molecular flexibility index (Phi) is 18.1. The van der Waals surface area contributed by atoms with E-state index < -0.39 is 99.2 Å². The van der Waals surface area contributed by atoms with Crippen molar-refractivity contribution in [2.75, 3.05) is 6.26 Å². The standard InChI is InChI=1S/C42H58N2O11S/c1-28(2)33(40(50)43-32(22-23-56(9,51)52)20-21-35(46)54-41(3,4)5)26-34(45)38(30-18-14-11-15-19-30)44-39(49)31(25-37(48)55-42(6,7)8)24-36(47)53-27-29-16-12-10-13-17-29/h10-19,22-23,28,31-33,38H,20-21,24-27H2,1-9H3,(H,43,50)(H,44,49)/b23-22+/t31-,32-,33-,38-/m0/s1. The van der Waals surface area contributed by atoms with Crippen molar-refractivity contribution in [3.63, 3.8) is 0 Å². The first kappa shape index (κ1) is 47.3. The number of ketones is 1. The Hall–Kier alpha value is -4.85. The van der Waals surface area contributed by atoms with E-state index in [9.17, 15) is 37.2 Å². The molecule has 56 heavy (non-hydrogen) atoms. The largest absolute Gasteiger partial charge is 0.461 e. The highest BCUT2D eigenvalue weighted by molar-refractivity contribution is 7.93. The summed E-state index contributed by atoms with van der Waals surface area (Å²) in [6, 6.07) is 15.1. The quantitative estimate of drug-likeness (QED) is 0.123. The molecule has 0 fully saturated rings. The average Bonchev–Trinajstić information content (AvgIpc) is 3.08. The van der Waals surface area contributed by atoms with E-state index in [2.05, 4.69) is 10.6 Å². The summed E-state index contributed by atoms with van der Waals surface area (Å²) in [5.74, 6) is -6.45. The van der Waals surface area contributed by atoms with Crippen LogP contribution in [-0.2, 0) is 59.4 Å². The first-order valence-electron chi connectivity index (χ1n) is 18.6. The molecule has 0 unspecified atom stereocenters. The van der Waals surface area contributed by atoms with Crippen LogP contribution in [0.4, 0.5) is 0 Å². The number of amides is 2. The van der Waals surface area contributed by atoms with Crippen LogP contribution in [0.25, 0.3) is 0 Å². The fourth-order valence-electron chi connectivity index (χ4n) is 5.47. The molecule has 14 heteroatoms. The first-order chi connectivity index (χ1) is 25.9. The molecule has 0 saturated heterocycles. The molecular formula is C42H58N2O11S. The van der Waals surface area contributed by atoms with Gasteiger partial charge in [-0.3, -0.25) is 28.8 Å². The van der Waals surface area contributed by atoms with E-state index in [0.29, 0.717) is 5.56 Å². The summed E-state index contributed by atoms with van der Waals surface area (Å²) in [7, 11) is -3.58. The van der Waals surface area contributed by atoms with Crippen LogP contribution in [-0.4, -0.2) is 67.4 Å². The smallest absolute Gasteiger partial charge is 0.307 e. The number of sulfone groups is 1. The number of carbonyl (C=O) groups excluding carboxylic acids is 6. The molecule has 2 N–H and O–H groups in total. The maximum atomic E-state index is 14.2. The molecule has 0 heterocycles. The molecule has 0 bridgehead atoms. The maximum Gasteiger partial charge on any atom is 0.307 e. The van der Waals surface area contributed by atoms with E-state index in [4.69, 9.17) is 14.2 Å². The molecule has 13 nitrogen and oxygen atoms in total. The molecule has 0 spiro atoms. The molecule has 2 amide bonds. The van der Waals surface area contributed by atoms with E-state index >= 15 is 0 Å². The Bertz CT molecular complexity index is 1780. The predicted molar refractivity (Wildman–Crippen MR) is 211 cm³/mol. The first-order valence-corrected chi connectivity index (χ1v) is 20.6. The Morgan fingerprint density at radius 2 is 1.25 bits per heavy atom. The summed E-state index contributed by atoms with van der Waals surface area (Å²) < 4.78 is 40.1. The van der Waals surface area contributed by atoms with Gasteiger partial charge in [-0.25, -0.2) is 8.42 Å². The van der Waals surface area contributed by atoms with Crippen molar-refractivity contribution in [3.05, 3.63) is 83.3 Å². The predicted octanol–water partition coefficient (Wildman–Crippen LogP) is 5.72. The van der Waals surface area contributed by atoms with Gasteiger partial charge < -0.3 is 24.8 Å². The van der Waals surface area contributed by atoms with E-state index in [1.807, 2.05) is 6.07 Å². The van der Waals surface area contributed by atoms with E-state index in [0.717, 1.165) is 17.2 Å². The highest BCUT2D eigenvalue weighted by Gasteiger charge is 2.35. The van der Waals surface area contributed by atoms with Gasteiger partial charge in [-0.05, 0) is 65.0 Å². The van der Waals surface area contributed by atoms with Gasteiger partial charge in [-0.1, -0.05) is 80.6 Å². The number of hydrogen-bond acceptors (Lipinski definition) is 11. The van der Waals surface area contributed by atoms with Crippen LogP contribution in [0.2, 0.25) is 0 Å². The van der Waals surface area contributed by atoms with Gasteiger partial charge in [0.05, 0.1) is 18.8 Å². The third-order valence-corrected chi connectivity index (χ3v) is 8.78. The Balaban J connectivity index is 2.35. The van der Waals surface area contributed by atoms with Crippen molar-refractivity contribution in [2.24, 2.45) is 17.8 Å². The van der Waals surface area contributed by atoms with Crippen LogP contribution < -0.4 is 10.6 Å². The van der Waals surface area contributed by atoms with E-state index in [1.54, 1.807) is 110 Å². The van der Waals surface area contributed by atoms with Crippen LogP contribution in [0.3, 0.4) is 0 Å². The summed E-state index contributed by atoms with van der Waals surface area (Å²) in [6.45, 7) is 13.6. The molecule has 0 radical (unpaired) electrons. The van der Waals surface area contributed by atoms with Crippen LogP contribution in [0.1, 0.15) is 105 Å². The second-order valence-corrected chi connectivity index (χ2v) is 18.0. The number of nitrogens with one attached hydrogen (secondary N) is 2. The number of Topliss-reactive ketones (excluding diaryl/α,β-unsaturated/α-hetero) is 1. The molecule has 4 atom stereocenters. The molecule has 308 valence electrons. The Morgan fingerprint density at radius 1 is 0.714 bits per heavy atom. The average molecular weight is 799 g/mol. The number of carbonyl (C=O) groups is 6. The minimum absolute atomic E-state index is 0.0287. The molecule has 2 aromatic carbocycles. The molecule has 2 rings (SSSR count). The zero-order valence-electron chi connectivity index (χ0n) is 34.0. The maximum absolute atomic E-state index is 14.2. The SMILES string of the molecule is CC(C)[C@H](CC(=O)[C@@H](NC(=O)[C@@H](CC(=O)OCc1ccccc1)CC(=O)OC(C)(C)C)c1ccccc1)C(=O)N[C@H](/C=C/S(C)(=O)=O)CCC(=O)OC(C)(C)C. The van der Waals surface area contributed by atoms with Crippen LogP contribution in [0.15, 0.2) is 72.1 Å². The normalized spacial score (nSPS) is 14.2. The summed E-state index contributed by atoms with van der Waals surface area (Å²) >= 11 is 0. The Labute approximate surface area is 331 Å². The molecule has 0 aromatic heterocycles. The third-order valence-electron chi connectivity index (χ3n) is 8.13. The summed E-state index contributed by atoms with van der Waals surface area (Å²) in [4.78, 5) is 80.3. The van der Waals surface area contributed by atoms with E-state index in [-0.39, 0.29) is 25.9 Å². The molecule has 0 saturated carbocycles. The van der Waals surface area contributed by atoms with Gasteiger partial charge in [0.2, 0.25) is 11.8 Å². The van der Waals surface area contributed by atoms with Gasteiger partial charge in [-0.15, -0.1) is 0 Å². The lowest BCUT2D eigenvalue weighted by atomic mass is 9.86. The van der Waals surface area contributed by atoms with Crippen molar-refractivity contribution < 1.29 is 51.4 Å². The second kappa shape index (κ2) is 21.5. The van der Waals surface area contributed by atoms with E-state index in [1.165, 1.54) is 6.08 Å². The van der Waals surface area contributed by atoms with Crippen LogP contribution in [0.5, 0.6) is 0 Å². The van der Waals surface area contributed by atoms with Gasteiger partial charge in [0.25, 0.3) is 0 Å². The highest BCUT2D eigenvalue weighted by Crippen LogP contribution is 2.25. The van der Waals surface area contributed by atoms with Gasteiger partial charge >= 0.3 is 17.9 Å². The molecular weight excluding hydrogens is 741 g/mol. The topological polar surface area (TPSA) is 188 Å².